The Hall–Kier alpha value is -1.35. The molecule has 1 unspecified atom stereocenters. The Balaban J connectivity index is 2.70. The van der Waals surface area contributed by atoms with Crippen LogP contribution in [0.4, 0.5) is 0 Å². The van der Waals surface area contributed by atoms with E-state index in [9.17, 15) is 4.79 Å². The molecule has 0 fully saturated rings. The number of nitrogens with zero attached hydrogens (tertiary/aromatic N) is 2. The summed E-state index contributed by atoms with van der Waals surface area (Å²) in [5, 5.41) is 0.420. The van der Waals surface area contributed by atoms with Crippen LogP contribution in [0.15, 0.2) is 29.1 Å². The van der Waals surface area contributed by atoms with Crippen LogP contribution in [0.1, 0.15) is 51.7 Å². The van der Waals surface area contributed by atoms with Crippen LogP contribution >= 0.6 is 11.6 Å². The van der Waals surface area contributed by atoms with E-state index in [0.29, 0.717) is 17.8 Å². The average Bonchev–Trinajstić information content (AvgIpc) is 2.49. The number of hydrogen-bond donors (Lipinski definition) is 0. The maximum atomic E-state index is 12.8. The van der Waals surface area contributed by atoms with Gasteiger partial charge in [-0.2, -0.15) is 0 Å². The number of para-hydroxylation sites is 1. The normalized spacial score (nSPS) is 13.6. The molecule has 0 saturated heterocycles. The first-order valence-electron chi connectivity index (χ1n) is 7.53. The highest BCUT2D eigenvalue weighted by Crippen LogP contribution is 2.27. The van der Waals surface area contributed by atoms with Crippen molar-refractivity contribution in [3.8, 4) is 0 Å². The average molecular weight is 307 g/mol. The fourth-order valence-corrected chi connectivity index (χ4v) is 2.47. The van der Waals surface area contributed by atoms with Gasteiger partial charge in [-0.3, -0.25) is 9.36 Å². The first kappa shape index (κ1) is 16.0. The molecule has 0 radical (unpaired) electrons. The second-order valence-electron chi connectivity index (χ2n) is 6.27. The van der Waals surface area contributed by atoms with Crippen LogP contribution in [-0.4, -0.2) is 9.55 Å². The monoisotopic (exact) mass is 306 g/mol. The molecule has 0 spiro atoms. The van der Waals surface area contributed by atoms with Gasteiger partial charge >= 0.3 is 0 Å². The summed E-state index contributed by atoms with van der Waals surface area (Å²) in [6.07, 6.45) is 1.74. The molecule has 1 aromatic carbocycles. The largest absolute Gasteiger partial charge is 0.294 e. The Morgan fingerprint density at radius 2 is 1.95 bits per heavy atom. The van der Waals surface area contributed by atoms with Gasteiger partial charge in [0.2, 0.25) is 0 Å². The molecule has 4 heteroatoms. The molecule has 0 amide bonds. The molecule has 0 bridgehead atoms. The van der Waals surface area contributed by atoms with Gasteiger partial charge in [0.15, 0.2) is 0 Å². The van der Waals surface area contributed by atoms with Gasteiger partial charge in [-0.05, 0) is 30.4 Å². The Kier molecular flexibility index (Phi) is 4.72. The first-order valence-corrected chi connectivity index (χ1v) is 7.97. The van der Waals surface area contributed by atoms with Gasteiger partial charge in [-0.25, -0.2) is 4.98 Å². The van der Waals surface area contributed by atoms with Crippen molar-refractivity contribution in [3.05, 3.63) is 40.4 Å². The minimum absolute atomic E-state index is 0.0104. The molecular formula is C17H23ClN2O. The van der Waals surface area contributed by atoms with Crippen LogP contribution in [0.25, 0.3) is 10.9 Å². The SMILES string of the molecule is CCC(Cl)c1nc2ccccc2c(=O)n1CC(C)(C)CC. The summed E-state index contributed by atoms with van der Waals surface area (Å²) < 4.78 is 1.77. The van der Waals surface area contributed by atoms with E-state index in [2.05, 4.69) is 25.8 Å². The summed E-state index contributed by atoms with van der Waals surface area (Å²) >= 11 is 6.42. The zero-order valence-corrected chi connectivity index (χ0v) is 13.9. The molecule has 21 heavy (non-hydrogen) atoms. The third-order valence-corrected chi connectivity index (χ3v) is 4.58. The van der Waals surface area contributed by atoms with Gasteiger partial charge in [-0.15, -0.1) is 11.6 Å². The smallest absolute Gasteiger partial charge is 0.261 e. The van der Waals surface area contributed by atoms with Gasteiger partial charge < -0.3 is 0 Å². The summed E-state index contributed by atoms with van der Waals surface area (Å²) in [6.45, 7) is 9.10. The number of halogens is 1. The summed E-state index contributed by atoms with van der Waals surface area (Å²) in [5.41, 5.74) is 0.769. The lowest BCUT2D eigenvalue weighted by Crippen LogP contribution is -2.32. The maximum Gasteiger partial charge on any atom is 0.261 e. The van der Waals surface area contributed by atoms with Crippen LogP contribution < -0.4 is 5.56 Å². The molecule has 1 aromatic heterocycles. The van der Waals surface area contributed by atoms with E-state index >= 15 is 0 Å². The predicted molar refractivity (Wildman–Crippen MR) is 89.0 cm³/mol. The Labute approximate surface area is 131 Å². The van der Waals surface area contributed by atoms with Crippen LogP contribution in [0, 0.1) is 5.41 Å². The predicted octanol–water partition coefficient (Wildman–Crippen LogP) is 4.52. The lowest BCUT2D eigenvalue weighted by molar-refractivity contribution is 0.284. The van der Waals surface area contributed by atoms with E-state index in [1.165, 1.54) is 0 Å². The number of rotatable bonds is 5. The Morgan fingerprint density at radius 1 is 1.29 bits per heavy atom. The van der Waals surface area contributed by atoms with Crippen molar-refractivity contribution in [2.75, 3.05) is 0 Å². The van der Waals surface area contributed by atoms with Gasteiger partial charge in [0.05, 0.1) is 16.3 Å². The van der Waals surface area contributed by atoms with Gasteiger partial charge in [0, 0.05) is 6.54 Å². The number of aromatic nitrogens is 2. The molecule has 0 N–H and O–H groups in total. The van der Waals surface area contributed by atoms with Gasteiger partial charge in [0.1, 0.15) is 5.82 Å². The van der Waals surface area contributed by atoms with Crippen LogP contribution in [0.3, 0.4) is 0 Å². The molecule has 0 saturated carbocycles. The van der Waals surface area contributed by atoms with E-state index in [1.54, 1.807) is 4.57 Å². The minimum Gasteiger partial charge on any atom is -0.294 e. The third-order valence-electron chi connectivity index (χ3n) is 4.07. The Morgan fingerprint density at radius 3 is 2.57 bits per heavy atom. The second-order valence-corrected chi connectivity index (χ2v) is 6.80. The highest BCUT2D eigenvalue weighted by Gasteiger charge is 2.22. The lowest BCUT2D eigenvalue weighted by Gasteiger charge is -2.26. The van der Waals surface area contributed by atoms with Crippen molar-refractivity contribution < 1.29 is 0 Å². The van der Waals surface area contributed by atoms with E-state index in [1.807, 2.05) is 31.2 Å². The molecule has 2 aromatic rings. The number of benzene rings is 1. The third kappa shape index (κ3) is 3.29. The van der Waals surface area contributed by atoms with E-state index < -0.39 is 0 Å². The summed E-state index contributed by atoms with van der Waals surface area (Å²) in [4.78, 5) is 17.5. The van der Waals surface area contributed by atoms with Crippen molar-refractivity contribution in [1.82, 2.24) is 9.55 Å². The topological polar surface area (TPSA) is 34.9 Å². The van der Waals surface area contributed by atoms with Crippen molar-refractivity contribution in [3.63, 3.8) is 0 Å². The number of alkyl halides is 1. The van der Waals surface area contributed by atoms with Crippen molar-refractivity contribution >= 4 is 22.5 Å². The highest BCUT2D eigenvalue weighted by atomic mass is 35.5. The second kappa shape index (κ2) is 6.18. The maximum absolute atomic E-state index is 12.8. The summed E-state index contributed by atoms with van der Waals surface area (Å²) in [6, 6.07) is 7.47. The summed E-state index contributed by atoms with van der Waals surface area (Å²) in [5.74, 6) is 0.685. The first-order chi connectivity index (χ1) is 9.89. The lowest BCUT2D eigenvalue weighted by atomic mass is 9.90. The highest BCUT2D eigenvalue weighted by molar-refractivity contribution is 6.20. The zero-order chi connectivity index (χ0) is 15.6. The molecule has 3 nitrogen and oxygen atoms in total. The minimum atomic E-state index is -0.241. The zero-order valence-electron chi connectivity index (χ0n) is 13.2. The molecular weight excluding hydrogens is 284 g/mol. The number of fused-ring (bicyclic) bond motifs is 1. The van der Waals surface area contributed by atoms with E-state index in [-0.39, 0.29) is 16.4 Å². The summed E-state index contributed by atoms with van der Waals surface area (Å²) in [7, 11) is 0. The molecule has 114 valence electrons. The molecule has 0 aliphatic carbocycles. The van der Waals surface area contributed by atoms with E-state index in [4.69, 9.17) is 11.6 Å². The van der Waals surface area contributed by atoms with Crippen molar-refractivity contribution in [2.45, 2.75) is 52.5 Å². The fourth-order valence-electron chi connectivity index (χ4n) is 2.30. The van der Waals surface area contributed by atoms with Crippen LogP contribution in [0.2, 0.25) is 0 Å². The van der Waals surface area contributed by atoms with Gasteiger partial charge in [-0.1, -0.05) is 39.8 Å². The van der Waals surface area contributed by atoms with Gasteiger partial charge in [0.25, 0.3) is 5.56 Å². The van der Waals surface area contributed by atoms with E-state index in [0.717, 1.165) is 18.4 Å². The van der Waals surface area contributed by atoms with Crippen molar-refractivity contribution in [1.29, 1.82) is 0 Å². The molecule has 0 aliphatic rings. The quantitative estimate of drug-likeness (QED) is 0.761. The van der Waals surface area contributed by atoms with Crippen LogP contribution in [0.5, 0.6) is 0 Å². The molecule has 1 heterocycles. The standard InChI is InChI=1S/C17H23ClN2O/c1-5-13(18)15-19-14-10-8-7-9-12(14)16(21)20(15)11-17(3,4)6-2/h7-10,13H,5-6,11H2,1-4H3. The van der Waals surface area contributed by atoms with Crippen LogP contribution in [-0.2, 0) is 6.54 Å². The molecule has 2 rings (SSSR count). The van der Waals surface area contributed by atoms with Crippen molar-refractivity contribution in [2.24, 2.45) is 5.41 Å². The Bertz CT molecular complexity index is 691. The molecule has 0 aliphatic heterocycles. The fraction of sp³-hybridized carbons (Fsp3) is 0.529. The molecule has 1 atom stereocenters. The number of hydrogen-bond acceptors (Lipinski definition) is 2.